The Balaban J connectivity index is 2.29. The summed E-state index contributed by atoms with van der Waals surface area (Å²) in [5, 5.41) is 0. The molecule has 0 fully saturated rings. The Kier molecular flexibility index (Phi) is 2.38. The number of benzene rings is 2. The minimum absolute atomic E-state index is 0.456. The quantitative estimate of drug-likeness (QED) is 0.829. The van der Waals surface area contributed by atoms with E-state index in [2.05, 4.69) is 0 Å². The van der Waals surface area contributed by atoms with Gasteiger partial charge in [-0.25, -0.2) is 0 Å². The van der Waals surface area contributed by atoms with Crippen molar-refractivity contribution in [1.82, 2.24) is 0 Å². The van der Waals surface area contributed by atoms with E-state index in [-0.39, 0.29) is 0 Å². The molecule has 1 heterocycles. The summed E-state index contributed by atoms with van der Waals surface area (Å²) in [5.74, 6) is 0.913. The molecule has 1 aliphatic rings. The number of primary amides is 1. The van der Waals surface area contributed by atoms with Crippen molar-refractivity contribution < 1.29 is 9.53 Å². The van der Waals surface area contributed by atoms with Crippen molar-refractivity contribution in [3.63, 3.8) is 0 Å². The second-order valence-corrected chi connectivity index (χ2v) is 4.06. The van der Waals surface area contributed by atoms with Gasteiger partial charge in [-0.3, -0.25) is 4.79 Å². The van der Waals surface area contributed by atoms with Crippen molar-refractivity contribution in [3.05, 3.63) is 59.7 Å². The lowest BCUT2D eigenvalue weighted by Crippen LogP contribution is -2.12. The van der Waals surface area contributed by atoms with Crippen LogP contribution < -0.4 is 10.5 Å². The minimum atomic E-state index is -0.456. The highest BCUT2D eigenvalue weighted by atomic mass is 16.5. The number of hydrogen-bond acceptors (Lipinski definition) is 2. The van der Waals surface area contributed by atoms with E-state index < -0.39 is 5.91 Å². The number of ether oxygens (including phenoxy) is 1. The van der Waals surface area contributed by atoms with Crippen LogP contribution >= 0.6 is 0 Å². The summed E-state index contributed by atoms with van der Waals surface area (Å²) in [5.41, 5.74) is 7.49. The molecule has 88 valence electrons. The van der Waals surface area contributed by atoms with Gasteiger partial charge in [-0.2, -0.15) is 0 Å². The van der Waals surface area contributed by atoms with Crippen molar-refractivity contribution in [2.45, 2.75) is 0 Å². The van der Waals surface area contributed by atoms with Gasteiger partial charge in [0, 0.05) is 11.1 Å². The Morgan fingerprint density at radius 3 is 2.39 bits per heavy atom. The molecule has 0 radical (unpaired) electrons. The van der Waals surface area contributed by atoms with Crippen LogP contribution in [0.25, 0.3) is 11.6 Å². The number of carbonyl (C=O) groups excluding carboxylic acids is 1. The Labute approximate surface area is 105 Å². The molecular weight excluding hydrogens is 226 g/mol. The number of hydrogen-bond donors (Lipinski definition) is 1. The molecule has 0 saturated heterocycles. The highest BCUT2D eigenvalue weighted by Gasteiger charge is 2.18. The maximum atomic E-state index is 11.6. The molecule has 0 aliphatic carbocycles. The van der Waals surface area contributed by atoms with E-state index in [0.29, 0.717) is 11.3 Å². The SMILES string of the molecule is NC(=O)C1=Cc2ccccc2Oc2ccccc21. The number of rotatable bonds is 1. The van der Waals surface area contributed by atoms with Gasteiger partial charge in [0.1, 0.15) is 11.5 Å². The fraction of sp³-hybridized carbons (Fsp3) is 0. The summed E-state index contributed by atoms with van der Waals surface area (Å²) < 4.78 is 5.82. The van der Waals surface area contributed by atoms with Gasteiger partial charge in [0.05, 0.1) is 5.57 Å². The highest BCUT2D eigenvalue weighted by molar-refractivity contribution is 6.24. The zero-order valence-corrected chi connectivity index (χ0v) is 9.59. The van der Waals surface area contributed by atoms with E-state index in [4.69, 9.17) is 10.5 Å². The number of fused-ring (bicyclic) bond motifs is 2. The third-order valence-electron chi connectivity index (χ3n) is 2.88. The van der Waals surface area contributed by atoms with Gasteiger partial charge in [-0.1, -0.05) is 36.4 Å². The number of amides is 1. The molecular formula is C15H11NO2. The van der Waals surface area contributed by atoms with Crippen LogP contribution in [-0.4, -0.2) is 5.91 Å². The van der Waals surface area contributed by atoms with E-state index in [1.165, 1.54) is 0 Å². The van der Waals surface area contributed by atoms with Gasteiger partial charge in [0.15, 0.2) is 0 Å². The molecule has 0 aromatic heterocycles. The molecule has 3 nitrogen and oxygen atoms in total. The maximum Gasteiger partial charge on any atom is 0.249 e. The summed E-state index contributed by atoms with van der Waals surface area (Å²) in [6.45, 7) is 0. The second-order valence-electron chi connectivity index (χ2n) is 4.06. The fourth-order valence-corrected chi connectivity index (χ4v) is 2.03. The Morgan fingerprint density at radius 2 is 1.61 bits per heavy atom. The van der Waals surface area contributed by atoms with Crippen molar-refractivity contribution in [1.29, 1.82) is 0 Å². The summed E-state index contributed by atoms with van der Waals surface area (Å²) >= 11 is 0. The molecule has 1 aliphatic heterocycles. The molecule has 3 rings (SSSR count). The van der Waals surface area contributed by atoms with Gasteiger partial charge in [0.2, 0.25) is 5.91 Å². The van der Waals surface area contributed by atoms with Crippen LogP contribution in [0.5, 0.6) is 11.5 Å². The highest BCUT2D eigenvalue weighted by Crippen LogP contribution is 2.37. The zero-order chi connectivity index (χ0) is 12.5. The zero-order valence-electron chi connectivity index (χ0n) is 9.59. The van der Waals surface area contributed by atoms with Crippen molar-refractivity contribution in [2.75, 3.05) is 0 Å². The lowest BCUT2D eigenvalue weighted by molar-refractivity contribution is -0.112. The predicted molar refractivity (Wildman–Crippen MR) is 70.0 cm³/mol. The van der Waals surface area contributed by atoms with Crippen molar-refractivity contribution in [3.8, 4) is 11.5 Å². The first-order valence-corrected chi connectivity index (χ1v) is 5.63. The Hall–Kier alpha value is -2.55. The van der Waals surface area contributed by atoms with E-state index in [0.717, 1.165) is 16.9 Å². The maximum absolute atomic E-state index is 11.6. The third-order valence-corrected chi connectivity index (χ3v) is 2.88. The number of nitrogens with two attached hydrogens (primary N) is 1. The summed E-state index contributed by atoms with van der Waals surface area (Å²) in [6.07, 6.45) is 1.77. The summed E-state index contributed by atoms with van der Waals surface area (Å²) in [4.78, 5) is 11.6. The van der Waals surface area contributed by atoms with Gasteiger partial charge in [-0.15, -0.1) is 0 Å². The number of carbonyl (C=O) groups is 1. The van der Waals surface area contributed by atoms with E-state index >= 15 is 0 Å². The molecule has 1 amide bonds. The monoisotopic (exact) mass is 237 g/mol. The summed E-state index contributed by atoms with van der Waals surface area (Å²) in [6, 6.07) is 14.9. The van der Waals surface area contributed by atoms with Crippen LogP contribution in [-0.2, 0) is 4.79 Å². The second kappa shape index (κ2) is 4.04. The van der Waals surface area contributed by atoms with Gasteiger partial charge in [-0.05, 0) is 18.2 Å². The van der Waals surface area contributed by atoms with Crippen LogP contribution in [0.2, 0.25) is 0 Å². The molecule has 18 heavy (non-hydrogen) atoms. The van der Waals surface area contributed by atoms with Crippen LogP contribution in [0.1, 0.15) is 11.1 Å². The molecule has 0 spiro atoms. The molecule has 0 saturated carbocycles. The molecule has 2 aromatic carbocycles. The van der Waals surface area contributed by atoms with E-state index in [9.17, 15) is 4.79 Å². The van der Waals surface area contributed by atoms with Crippen LogP contribution in [0.15, 0.2) is 48.5 Å². The Bertz CT molecular complexity index is 659. The van der Waals surface area contributed by atoms with E-state index in [1.807, 2.05) is 48.5 Å². The van der Waals surface area contributed by atoms with Gasteiger partial charge in [0.25, 0.3) is 0 Å². The average molecular weight is 237 g/mol. The third kappa shape index (κ3) is 1.66. The Morgan fingerprint density at radius 1 is 0.944 bits per heavy atom. The molecule has 2 N–H and O–H groups in total. The van der Waals surface area contributed by atoms with Crippen LogP contribution in [0.3, 0.4) is 0 Å². The molecule has 3 heteroatoms. The average Bonchev–Trinajstić information content (AvgIpc) is 2.55. The molecule has 0 bridgehead atoms. The van der Waals surface area contributed by atoms with Crippen LogP contribution in [0, 0.1) is 0 Å². The first-order chi connectivity index (χ1) is 8.75. The van der Waals surface area contributed by atoms with E-state index in [1.54, 1.807) is 6.08 Å². The molecule has 2 aromatic rings. The normalized spacial score (nSPS) is 12.6. The lowest BCUT2D eigenvalue weighted by Gasteiger charge is -2.08. The summed E-state index contributed by atoms with van der Waals surface area (Å²) in [7, 11) is 0. The molecule has 0 unspecified atom stereocenters. The first kappa shape index (κ1) is 10.6. The fourth-order valence-electron chi connectivity index (χ4n) is 2.03. The lowest BCUT2D eigenvalue weighted by atomic mass is 10.0. The molecule has 0 atom stereocenters. The minimum Gasteiger partial charge on any atom is -0.456 e. The predicted octanol–water partition coefficient (Wildman–Crippen LogP) is 2.82. The van der Waals surface area contributed by atoms with Crippen molar-refractivity contribution in [2.24, 2.45) is 5.73 Å². The van der Waals surface area contributed by atoms with Gasteiger partial charge >= 0.3 is 0 Å². The van der Waals surface area contributed by atoms with Crippen LogP contribution in [0.4, 0.5) is 0 Å². The largest absolute Gasteiger partial charge is 0.456 e. The first-order valence-electron chi connectivity index (χ1n) is 5.63. The van der Waals surface area contributed by atoms with Gasteiger partial charge < -0.3 is 10.5 Å². The smallest absolute Gasteiger partial charge is 0.249 e. The van der Waals surface area contributed by atoms with Crippen molar-refractivity contribution >= 4 is 17.6 Å². The topological polar surface area (TPSA) is 52.3 Å². The number of para-hydroxylation sites is 2. The standard InChI is InChI=1S/C15H11NO2/c16-15(17)12-9-10-5-1-3-7-13(10)18-14-8-4-2-6-11(12)14/h1-9H,(H2,16,17).